The highest BCUT2D eigenvalue weighted by atomic mass is 16.6. The summed E-state index contributed by atoms with van der Waals surface area (Å²) in [5, 5.41) is 0. The molecule has 0 saturated carbocycles. The van der Waals surface area contributed by atoms with Crippen LogP contribution in [0.2, 0.25) is 0 Å². The first kappa shape index (κ1) is 49.1. The number of ether oxygens (including phenoxy) is 7. The van der Waals surface area contributed by atoms with Crippen LogP contribution < -0.4 is 18.9 Å². The molecule has 12 nitrogen and oxygen atoms in total. The number of carbonyl (C=O) groups is 5. The molecule has 0 aliphatic carbocycles. The van der Waals surface area contributed by atoms with Crippen LogP contribution >= 0.6 is 0 Å². The number of rotatable bonds is 25. The van der Waals surface area contributed by atoms with Gasteiger partial charge in [0.2, 0.25) is 0 Å². The van der Waals surface area contributed by atoms with Gasteiger partial charge in [0.25, 0.3) is 0 Å². The molecule has 0 aliphatic heterocycles. The van der Waals surface area contributed by atoms with Crippen LogP contribution in [0.15, 0.2) is 147 Å². The van der Waals surface area contributed by atoms with Crippen LogP contribution in [0, 0.1) is 11.8 Å². The number of unbranched alkanes of at least 4 members (excludes halogenated alkanes) is 6. The molecule has 0 aromatic heterocycles. The summed E-state index contributed by atoms with van der Waals surface area (Å²) >= 11 is 0. The minimum atomic E-state index is -0.817. The Morgan fingerprint density at radius 1 is 0.455 bits per heavy atom. The van der Waals surface area contributed by atoms with E-state index in [9.17, 15) is 24.0 Å². The standard InChI is InChI=1S/C54H52O12/c1-3-50(55)62-36-14-7-5-12-34-60-45-28-24-43(25-29-45)52(57)65-47-32-33-49(66-53(58)44-26-30-46(31-27-44)61-35-13-6-8-15-37-63-51(56)4-2)48(38-47)54(59)64-39-42-22-20-41(21-23-42)19-18-40-16-10-9-11-17-40/h3-4,9-11,16-17,20-33,38H,1-2,5-8,12-15,34-37,39H2. The second-order valence-electron chi connectivity index (χ2n) is 14.6. The smallest absolute Gasteiger partial charge is 0.343 e. The van der Waals surface area contributed by atoms with Gasteiger partial charge >= 0.3 is 29.8 Å². The van der Waals surface area contributed by atoms with Gasteiger partial charge in [0.05, 0.1) is 37.6 Å². The van der Waals surface area contributed by atoms with Crippen LogP contribution in [0.1, 0.15) is 99.1 Å². The van der Waals surface area contributed by atoms with Gasteiger partial charge in [-0.1, -0.05) is 55.3 Å². The molecule has 0 heterocycles. The SMILES string of the molecule is C=CC(=O)OCCCCCCOc1ccc(C(=O)Oc2ccc(OC(=O)c3ccc(OCCCCCCOC(=O)C=C)cc3)c(C(=O)OCc3ccc(C#Cc4ccccc4)cc3)c2)cc1. The van der Waals surface area contributed by atoms with Gasteiger partial charge in [-0.15, -0.1) is 0 Å². The number of carbonyl (C=O) groups excluding carboxylic acids is 5. The minimum absolute atomic E-state index is 0.0188. The first-order valence-corrected chi connectivity index (χ1v) is 21.7. The zero-order valence-electron chi connectivity index (χ0n) is 36.7. The zero-order chi connectivity index (χ0) is 46.8. The van der Waals surface area contributed by atoms with Crippen molar-refractivity contribution < 1.29 is 57.1 Å². The summed E-state index contributed by atoms with van der Waals surface area (Å²) in [6.45, 7) is 8.29. The van der Waals surface area contributed by atoms with Gasteiger partial charge < -0.3 is 33.2 Å². The monoisotopic (exact) mass is 892 g/mol. The van der Waals surface area contributed by atoms with Gasteiger partial charge in [0.15, 0.2) is 0 Å². The van der Waals surface area contributed by atoms with E-state index in [-0.39, 0.29) is 34.8 Å². The van der Waals surface area contributed by atoms with Crippen molar-refractivity contribution in [3.8, 4) is 34.8 Å². The summed E-state index contributed by atoms with van der Waals surface area (Å²) in [6.07, 6.45) is 8.92. The van der Waals surface area contributed by atoms with E-state index < -0.39 is 29.8 Å². The van der Waals surface area contributed by atoms with Crippen molar-refractivity contribution in [1.82, 2.24) is 0 Å². The normalized spacial score (nSPS) is 10.3. The maximum atomic E-state index is 13.7. The van der Waals surface area contributed by atoms with Crippen molar-refractivity contribution in [3.05, 3.63) is 180 Å². The highest BCUT2D eigenvalue weighted by molar-refractivity contribution is 5.97. The van der Waals surface area contributed by atoms with Gasteiger partial charge in [0.1, 0.15) is 35.2 Å². The van der Waals surface area contributed by atoms with Gasteiger partial charge in [-0.3, -0.25) is 0 Å². The second-order valence-corrected chi connectivity index (χ2v) is 14.6. The van der Waals surface area contributed by atoms with Gasteiger partial charge in [0, 0.05) is 23.3 Å². The van der Waals surface area contributed by atoms with Crippen molar-refractivity contribution in [1.29, 1.82) is 0 Å². The van der Waals surface area contributed by atoms with Gasteiger partial charge in [-0.05, 0) is 148 Å². The molecule has 0 unspecified atom stereocenters. The number of hydrogen-bond acceptors (Lipinski definition) is 12. The van der Waals surface area contributed by atoms with E-state index in [1.54, 1.807) is 60.7 Å². The molecule has 0 saturated heterocycles. The van der Waals surface area contributed by atoms with Crippen LogP contribution in [0.5, 0.6) is 23.0 Å². The Hall–Kier alpha value is -7.91. The molecule has 5 aromatic rings. The topological polar surface area (TPSA) is 150 Å². The lowest BCUT2D eigenvalue weighted by atomic mass is 10.1. The molecule has 66 heavy (non-hydrogen) atoms. The highest BCUT2D eigenvalue weighted by Gasteiger charge is 2.21. The fourth-order valence-electron chi connectivity index (χ4n) is 6.06. The molecule has 0 aliphatic rings. The molecule has 5 aromatic carbocycles. The third-order valence-electron chi connectivity index (χ3n) is 9.65. The average molecular weight is 893 g/mol. The first-order valence-electron chi connectivity index (χ1n) is 21.7. The molecular formula is C54H52O12. The predicted octanol–water partition coefficient (Wildman–Crippen LogP) is 10.2. The Morgan fingerprint density at radius 2 is 0.924 bits per heavy atom. The Bertz CT molecular complexity index is 2450. The van der Waals surface area contributed by atoms with Crippen molar-refractivity contribution >= 4 is 29.8 Å². The maximum absolute atomic E-state index is 13.7. The largest absolute Gasteiger partial charge is 0.494 e. The van der Waals surface area contributed by atoms with Crippen molar-refractivity contribution in [2.24, 2.45) is 0 Å². The third kappa shape index (κ3) is 17.3. The molecule has 0 spiro atoms. The van der Waals surface area contributed by atoms with Crippen molar-refractivity contribution in [2.45, 2.75) is 58.0 Å². The average Bonchev–Trinajstić information content (AvgIpc) is 3.35. The van der Waals surface area contributed by atoms with E-state index in [0.29, 0.717) is 43.5 Å². The van der Waals surface area contributed by atoms with Crippen molar-refractivity contribution in [2.75, 3.05) is 26.4 Å². The summed E-state index contributed by atoms with van der Waals surface area (Å²) in [5.74, 6) is 4.18. The lowest BCUT2D eigenvalue weighted by Crippen LogP contribution is -2.14. The van der Waals surface area contributed by atoms with E-state index in [4.69, 9.17) is 33.2 Å². The van der Waals surface area contributed by atoms with E-state index in [1.807, 2.05) is 42.5 Å². The number of esters is 5. The van der Waals surface area contributed by atoms with Crippen LogP contribution in [0.3, 0.4) is 0 Å². The maximum Gasteiger partial charge on any atom is 0.343 e. The molecule has 12 heteroatoms. The summed E-state index contributed by atoms with van der Waals surface area (Å²) in [7, 11) is 0. The fourth-order valence-corrected chi connectivity index (χ4v) is 6.06. The molecule has 0 bridgehead atoms. The van der Waals surface area contributed by atoms with Crippen LogP contribution in [-0.2, 0) is 30.4 Å². The molecular weight excluding hydrogens is 841 g/mol. The summed E-state index contributed by atoms with van der Waals surface area (Å²) in [4.78, 5) is 62.5. The van der Waals surface area contributed by atoms with Crippen LogP contribution in [0.4, 0.5) is 0 Å². The lowest BCUT2D eigenvalue weighted by molar-refractivity contribution is -0.138. The van der Waals surface area contributed by atoms with E-state index in [1.165, 1.54) is 18.2 Å². The molecule has 5 rings (SSSR count). The summed E-state index contributed by atoms with van der Waals surface area (Å²) < 4.78 is 38.6. The number of benzene rings is 5. The zero-order valence-corrected chi connectivity index (χ0v) is 36.7. The van der Waals surface area contributed by atoms with Gasteiger partial charge in [-0.2, -0.15) is 0 Å². The first-order chi connectivity index (χ1) is 32.2. The van der Waals surface area contributed by atoms with Crippen LogP contribution in [0.25, 0.3) is 0 Å². The van der Waals surface area contributed by atoms with Crippen LogP contribution in [-0.4, -0.2) is 56.3 Å². The quantitative estimate of drug-likeness (QED) is 0.0137. The molecule has 0 radical (unpaired) electrons. The predicted molar refractivity (Wildman–Crippen MR) is 247 cm³/mol. The number of hydrogen-bond donors (Lipinski definition) is 0. The van der Waals surface area contributed by atoms with E-state index >= 15 is 0 Å². The van der Waals surface area contributed by atoms with E-state index in [0.717, 1.165) is 74.6 Å². The third-order valence-corrected chi connectivity index (χ3v) is 9.65. The molecule has 340 valence electrons. The Labute approximate surface area is 385 Å². The molecule has 0 atom stereocenters. The second kappa shape index (κ2) is 27.3. The highest BCUT2D eigenvalue weighted by Crippen LogP contribution is 2.28. The van der Waals surface area contributed by atoms with E-state index in [2.05, 4.69) is 25.0 Å². The van der Waals surface area contributed by atoms with Gasteiger partial charge in [-0.25, -0.2) is 24.0 Å². The summed E-state index contributed by atoms with van der Waals surface area (Å²) in [6, 6.07) is 33.8. The minimum Gasteiger partial charge on any atom is -0.494 e. The molecule has 0 fully saturated rings. The molecule has 0 amide bonds. The molecule has 0 N–H and O–H groups in total. The fraction of sp³-hybridized carbons (Fsp3) is 0.241. The van der Waals surface area contributed by atoms with Crippen molar-refractivity contribution in [3.63, 3.8) is 0 Å². The Morgan fingerprint density at radius 3 is 1.44 bits per heavy atom. The Kier molecular flexibility index (Phi) is 20.3. The lowest BCUT2D eigenvalue weighted by Gasteiger charge is -2.13. The summed E-state index contributed by atoms with van der Waals surface area (Å²) in [5.41, 5.74) is 2.67. The Balaban J connectivity index is 1.18.